The molecule has 0 radical (unpaired) electrons. The Balaban J connectivity index is 1.62. The summed E-state index contributed by atoms with van der Waals surface area (Å²) in [6.07, 6.45) is 3.95. The van der Waals surface area contributed by atoms with Crippen molar-refractivity contribution in [1.82, 2.24) is 14.5 Å². The molecule has 144 valence electrons. The van der Waals surface area contributed by atoms with Crippen LogP contribution in [-0.4, -0.2) is 53.8 Å². The van der Waals surface area contributed by atoms with Crippen molar-refractivity contribution >= 4 is 29.1 Å². The van der Waals surface area contributed by atoms with E-state index in [9.17, 15) is 4.79 Å². The van der Waals surface area contributed by atoms with Crippen molar-refractivity contribution in [1.29, 1.82) is 0 Å². The summed E-state index contributed by atoms with van der Waals surface area (Å²) in [5.41, 5.74) is 2.88. The number of para-hydroxylation sites is 2. The number of amides is 1. The average molecular weight is 377 g/mol. The maximum atomic E-state index is 12.8. The van der Waals surface area contributed by atoms with Crippen LogP contribution in [0.3, 0.4) is 0 Å². The van der Waals surface area contributed by atoms with Crippen LogP contribution in [0, 0.1) is 0 Å². The van der Waals surface area contributed by atoms with Crippen LogP contribution in [0.15, 0.2) is 48.5 Å². The van der Waals surface area contributed by atoms with Gasteiger partial charge in [0.05, 0.1) is 31.4 Å². The van der Waals surface area contributed by atoms with E-state index >= 15 is 0 Å². The number of morpholine rings is 1. The number of nitrogens with zero attached hydrogens (tertiary/aromatic N) is 3. The quantitative estimate of drug-likeness (QED) is 0.686. The normalized spacial score (nSPS) is 14.7. The summed E-state index contributed by atoms with van der Waals surface area (Å²) in [6, 6.07) is 15.7. The molecule has 4 rings (SSSR count). The highest BCUT2D eigenvalue weighted by atomic mass is 16.5. The van der Waals surface area contributed by atoms with Crippen molar-refractivity contribution in [2.24, 2.45) is 0 Å². The molecule has 28 heavy (non-hydrogen) atoms. The van der Waals surface area contributed by atoms with E-state index in [-0.39, 0.29) is 12.5 Å². The molecule has 1 fully saturated rings. The highest BCUT2D eigenvalue weighted by molar-refractivity contribution is 5.83. The number of ether oxygens (including phenoxy) is 2. The molecule has 2 aromatic carbocycles. The lowest BCUT2D eigenvalue weighted by molar-refractivity contribution is -0.135. The topological polar surface area (TPSA) is 56.6 Å². The summed E-state index contributed by atoms with van der Waals surface area (Å²) < 4.78 is 12.5. The number of imidazole rings is 1. The SMILES string of the molecule is COc1ccc(/C=C/c2nc3ccccc3n2CC(=O)N2CCOCC2)cc1. The maximum absolute atomic E-state index is 12.8. The lowest BCUT2D eigenvalue weighted by Crippen LogP contribution is -2.42. The second-order valence-electron chi connectivity index (χ2n) is 6.64. The van der Waals surface area contributed by atoms with Gasteiger partial charge in [-0.05, 0) is 35.9 Å². The summed E-state index contributed by atoms with van der Waals surface area (Å²) in [4.78, 5) is 19.4. The Morgan fingerprint density at radius 1 is 1.11 bits per heavy atom. The zero-order valence-electron chi connectivity index (χ0n) is 15.9. The third kappa shape index (κ3) is 3.92. The summed E-state index contributed by atoms with van der Waals surface area (Å²) in [7, 11) is 1.65. The molecule has 1 saturated heterocycles. The number of benzene rings is 2. The molecule has 6 heteroatoms. The van der Waals surface area contributed by atoms with Gasteiger partial charge in [0.25, 0.3) is 0 Å². The van der Waals surface area contributed by atoms with Gasteiger partial charge >= 0.3 is 0 Å². The van der Waals surface area contributed by atoms with Crippen LogP contribution in [-0.2, 0) is 16.1 Å². The van der Waals surface area contributed by atoms with Crippen molar-refractivity contribution in [2.45, 2.75) is 6.54 Å². The maximum Gasteiger partial charge on any atom is 0.242 e. The largest absolute Gasteiger partial charge is 0.497 e. The van der Waals surface area contributed by atoms with Crippen LogP contribution in [0.4, 0.5) is 0 Å². The third-order valence-corrected chi connectivity index (χ3v) is 4.88. The number of rotatable bonds is 5. The van der Waals surface area contributed by atoms with Crippen LogP contribution < -0.4 is 4.74 Å². The fraction of sp³-hybridized carbons (Fsp3) is 0.273. The molecule has 3 aromatic rings. The number of methoxy groups -OCH3 is 1. The van der Waals surface area contributed by atoms with Gasteiger partial charge in [-0.15, -0.1) is 0 Å². The fourth-order valence-corrected chi connectivity index (χ4v) is 3.32. The number of aromatic nitrogens is 2. The summed E-state index contributed by atoms with van der Waals surface area (Å²) in [5.74, 6) is 1.67. The molecule has 0 spiro atoms. The molecule has 0 saturated carbocycles. The van der Waals surface area contributed by atoms with Crippen LogP contribution in [0.2, 0.25) is 0 Å². The van der Waals surface area contributed by atoms with E-state index in [2.05, 4.69) is 0 Å². The molecule has 0 bridgehead atoms. The van der Waals surface area contributed by atoms with Gasteiger partial charge in [-0.3, -0.25) is 4.79 Å². The zero-order valence-corrected chi connectivity index (χ0v) is 15.9. The zero-order chi connectivity index (χ0) is 19.3. The van der Waals surface area contributed by atoms with Gasteiger partial charge in [0, 0.05) is 13.1 Å². The number of hydrogen-bond donors (Lipinski definition) is 0. The van der Waals surface area contributed by atoms with E-state index in [1.807, 2.05) is 70.1 Å². The van der Waals surface area contributed by atoms with Gasteiger partial charge in [-0.1, -0.05) is 30.3 Å². The molecule has 0 unspecified atom stereocenters. The molecule has 2 heterocycles. The Kier molecular flexibility index (Phi) is 5.39. The monoisotopic (exact) mass is 377 g/mol. The van der Waals surface area contributed by atoms with Gasteiger partial charge in [-0.25, -0.2) is 4.98 Å². The van der Waals surface area contributed by atoms with Crippen LogP contribution in [0.25, 0.3) is 23.2 Å². The molecular formula is C22H23N3O3. The van der Waals surface area contributed by atoms with E-state index in [1.165, 1.54) is 0 Å². The smallest absolute Gasteiger partial charge is 0.242 e. The first kappa shape index (κ1) is 18.3. The standard InChI is InChI=1S/C22H23N3O3/c1-27-18-9-6-17(7-10-18)8-11-21-23-19-4-2-3-5-20(19)25(21)16-22(26)24-12-14-28-15-13-24/h2-11H,12-16H2,1H3/b11-8+. The Labute approximate surface area is 164 Å². The van der Waals surface area contributed by atoms with Crippen molar-refractivity contribution in [3.05, 3.63) is 59.9 Å². The summed E-state index contributed by atoms with van der Waals surface area (Å²) in [6.45, 7) is 2.75. The third-order valence-electron chi connectivity index (χ3n) is 4.88. The van der Waals surface area contributed by atoms with Gasteiger partial charge in [-0.2, -0.15) is 0 Å². The lowest BCUT2D eigenvalue weighted by Gasteiger charge is -2.27. The molecule has 1 aromatic heterocycles. The Morgan fingerprint density at radius 3 is 2.61 bits per heavy atom. The van der Waals surface area contributed by atoms with E-state index in [1.54, 1.807) is 7.11 Å². The van der Waals surface area contributed by atoms with Crippen LogP contribution >= 0.6 is 0 Å². The minimum atomic E-state index is 0.0885. The molecule has 0 aliphatic carbocycles. The van der Waals surface area contributed by atoms with Gasteiger partial charge in [0.2, 0.25) is 5.91 Å². The predicted molar refractivity (Wildman–Crippen MR) is 109 cm³/mol. The minimum Gasteiger partial charge on any atom is -0.497 e. The van der Waals surface area contributed by atoms with E-state index in [4.69, 9.17) is 14.5 Å². The molecule has 0 N–H and O–H groups in total. The van der Waals surface area contributed by atoms with E-state index in [0.717, 1.165) is 28.2 Å². The molecule has 6 nitrogen and oxygen atoms in total. The van der Waals surface area contributed by atoms with Gasteiger partial charge in [0.1, 0.15) is 18.1 Å². The second-order valence-corrected chi connectivity index (χ2v) is 6.64. The van der Waals surface area contributed by atoms with Crippen molar-refractivity contribution < 1.29 is 14.3 Å². The number of fused-ring (bicyclic) bond motifs is 1. The van der Waals surface area contributed by atoms with Gasteiger partial charge < -0.3 is 18.9 Å². The molecule has 1 aliphatic heterocycles. The fourth-order valence-electron chi connectivity index (χ4n) is 3.32. The highest BCUT2D eigenvalue weighted by Gasteiger charge is 2.19. The average Bonchev–Trinajstić information content (AvgIpc) is 3.10. The number of carbonyl (C=O) groups excluding carboxylic acids is 1. The van der Waals surface area contributed by atoms with Crippen LogP contribution in [0.5, 0.6) is 5.75 Å². The predicted octanol–water partition coefficient (Wildman–Crippen LogP) is 3.07. The van der Waals surface area contributed by atoms with Crippen molar-refractivity contribution in [3.63, 3.8) is 0 Å². The number of hydrogen-bond acceptors (Lipinski definition) is 4. The Bertz CT molecular complexity index is 986. The Morgan fingerprint density at radius 2 is 1.86 bits per heavy atom. The second kappa shape index (κ2) is 8.27. The molecular weight excluding hydrogens is 354 g/mol. The van der Waals surface area contributed by atoms with Gasteiger partial charge in [0.15, 0.2) is 0 Å². The highest BCUT2D eigenvalue weighted by Crippen LogP contribution is 2.19. The first-order chi connectivity index (χ1) is 13.7. The molecule has 1 aliphatic rings. The van der Waals surface area contributed by atoms with Crippen molar-refractivity contribution in [3.8, 4) is 5.75 Å². The van der Waals surface area contributed by atoms with E-state index < -0.39 is 0 Å². The Hall–Kier alpha value is -3.12. The van der Waals surface area contributed by atoms with Crippen molar-refractivity contribution in [2.75, 3.05) is 33.4 Å². The number of carbonyl (C=O) groups is 1. The first-order valence-corrected chi connectivity index (χ1v) is 9.37. The van der Waals surface area contributed by atoms with E-state index in [0.29, 0.717) is 26.3 Å². The first-order valence-electron chi connectivity index (χ1n) is 9.37. The van der Waals surface area contributed by atoms with Crippen LogP contribution in [0.1, 0.15) is 11.4 Å². The lowest BCUT2D eigenvalue weighted by atomic mass is 10.2. The summed E-state index contributed by atoms with van der Waals surface area (Å²) in [5, 5.41) is 0. The molecule has 1 amide bonds. The summed E-state index contributed by atoms with van der Waals surface area (Å²) >= 11 is 0. The molecule has 0 atom stereocenters. The minimum absolute atomic E-state index is 0.0885.